The van der Waals surface area contributed by atoms with Gasteiger partial charge in [-0.05, 0) is 30.9 Å². The standard InChI is InChI=1S/C20H22ClN5O/c1-5-6-25-14-8-15(13(21)7-12(14)19(22)24-25)26-16-9-20(3,4)10-17(27)18(16)11(2)23-26/h5,7-8H,1,6,9-10H2,2-4H3,(H2,22,24). The molecule has 0 saturated heterocycles. The third kappa shape index (κ3) is 2.75. The van der Waals surface area contributed by atoms with Crippen LogP contribution in [0, 0.1) is 12.3 Å². The molecule has 3 aromatic rings. The molecule has 0 unspecified atom stereocenters. The largest absolute Gasteiger partial charge is 0.382 e. The van der Waals surface area contributed by atoms with E-state index in [1.807, 2.05) is 23.7 Å². The lowest BCUT2D eigenvalue weighted by molar-refractivity contribution is 0.0910. The number of hydrogen-bond donors (Lipinski definition) is 1. The molecule has 2 aromatic heterocycles. The zero-order valence-electron chi connectivity index (χ0n) is 15.7. The number of rotatable bonds is 3. The van der Waals surface area contributed by atoms with E-state index in [1.54, 1.807) is 10.8 Å². The van der Waals surface area contributed by atoms with Gasteiger partial charge < -0.3 is 5.73 Å². The molecule has 2 heterocycles. The van der Waals surface area contributed by atoms with Crippen molar-refractivity contribution in [2.75, 3.05) is 5.73 Å². The first kappa shape index (κ1) is 17.8. The maximum atomic E-state index is 12.7. The maximum absolute atomic E-state index is 12.7. The number of aryl methyl sites for hydroxylation is 1. The van der Waals surface area contributed by atoms with E-state index in [9.17, 15) is 4.79 Å². The number of halogens is 1. The number of fused-ring (bicyclic) bond motifs is 2. The van der Waals surface area contributed by atoms with Crippen LogP contribution in [0.15, 0.2) is 24.8 Å². The Morgan fingerprint density at radius 1 is 1.33 bits per heavy atom. The number of ketones is 1. The molecule has 1 aliphatic carbocycles. The Balaban J connectivity index is 1.97. The van der Waals surface area contributed by atoms with Gasteiger partial charge in [0, 0.05) is 11.8 Å². The quantitative estimate of drug-likeness (QED) is 0.690. The van der Waals surface area contributed by atoms with Crippen LogP contribution in [0.25, 0.3) is 16.6 Å². The Hall–Kier alpha value is -2.60. The molecule has 0 bridgehead atoms. The second-order valence-electron chi connectivity index (χ2n) is 7.94. The summed E-state index contributed by atoms with van der Waals surface area (Å²) in [4.78, 5) is 12.7. The predicted molar refractivity (Wildman–Crippen MR) is 108 cm³/mol. The highest BCUT2D eigenvalue weighted by Crippen LogP contribution is 2.38. The summed E-state index contributed by atoms with van der Waals surface area (Å²) in [6, 6.07) is 3.75. The molecule has 7 heteroatoms. The lowest BCUT2D eigenvalue weighted by Gasteiger charge is -2.29. The smallest absolute Gasteiger partial charge is 0.167 e. The van der Waals surface area contributed by atoms with Gasteiger partial charge in [0.1, 0.15) is 0 Å². The monoisotopic (exact) mass is 383 g/mol. The van der Waals surface area contributed by atoms with Gasteiger partial charge in [-0.3, -0.25) is 9.48 Å². The van der Waals surface area contributed by atoms with Gasteiger partial charge in [-0.1, -0.05) is 31.5 Å². The van der Waals surface area contributed by atoms with Gasteiger partial charge in [0.25, 0.3) is 0 Å². The zero-order chi connectivity index (χ0) is 19.5. The van der Waals surface area contributed by atoms with Crippen LogP contribution < -0.4 is 5.73 Å². The Morgan fingerprint density at radius 3 is 2.78 bits per heavy atom. The van der Waals surface area contributed by atoms with Crippen LogP contribution in [0.4, 0.5) is 5.82 Å². The maximum Gasteiger partial charge on any atom is 0.167 e. The normalized spacial score (nSPS) is 15.9. The van der Waals surface area contributed by atoms with Gasteiger partial charge in [-0.25, -0.2) is 4.68 Å². The first-order valence-electron chi connectivity index (χ1n) is 8.90. The van der Waals surface area contributed by atoms with Gasteiger partial charge in [0.05, 0.1) is 39.7 Å². The minimum absolute atomic E-state index is 0.111. The average molecular weight is 384 g/mol. The topological polar surface area (TPSA) is 78.7 Å². The lowest BCUT2D eigenvalue weighted by atomic mass is 9.75. The van der Waals surface area contributed by atoms with Crippen molar-refractivity contribution in [2.45, 2.75) is 40.2 Å². The van der Waals surface area contributed by atoms with E-state index in [0.717, 1.165) is 40.0 Å². The minimum Gasteiger partial charge on any atom is -0.382 e. The third-order valence-electron chi connectivity index (χ3n) is 5.10. The Morgan fingerprint density at radius 2 is 2.07 bits per heavy atom. The number of anilines is 1. The fourth-order valence-electron chi connectivity index (χ4n) is 3.97. The number of nitrogens with zero attached hydrogens (tertiary/aromatic N) is 4. The van der Waals surface area contributed by atoms with Crippen LogP contribution in [0.5, 0.6) is 0 Å². The number of nitrogens with two attached hydrogens (primary N) is 1. The molecule has 1 aliphatic rings. The molecular weight excluding hydrogens is 362 g/mol. The summed E-state index contributed by atoms with van der Waals surface area (Å²) < 4.78 is 3.60. The molecule has 0 fully saturated rings. The van der Waals surface area contributed by atoms with Crippen molar-refractivity contribution in [3.05, 3.63) is 46.8 Å². The van der Waals surface area contributed by atoms with Crippen LogP contribution >= 0.6 is 11.6 Å². The second kappa shape index (κ2) is 5.96. The van der Waals surface area contributed by atoms with Crippen LogP contribution in [-0.4, -0.2) is 25.3 Å². The van der Waals surface area contributed by atoms with E-state index in [1.165, 1.54) is 0 Å². The number of nitrogen functional groups attached to an aromatic ring is 1. The fourth-order valence-corrected chi connectivity index (χ4v) is 4.21. The molecule has 0 radical (unpaired) electrons. The van der Waals surface area contributed by atoms with Crippen molar-refractivity contribution < 1.29 is 4.79 Å². The highest BCUT2D eigenvalue weighted by atomic mass is 35.5. The van der Waals surface area contributed by atoms with E-state index >= 15 is 0 Å². The van der Waals surface area contributed by atoms with Crippen molar-refractivity contribution >= 4 is 34.1 Å². The molecule has 2 N–H and O–H groups in total. The van der Waals surface area contributed by atoms with Crippen LogP contribution in [0.2, 0.25) is 5.02 Å². The van der Waals surface area contributed by atoms with Gasteiger partial charge in [0.2, 0.25) is 0 Å². The lowest BCUT2D eigenvalue weighted by Crippen LogP contribution is -2.28. The number of aromatic nitrogens is 4. The summed E-state index contributed by atoms with van der Waals surface area (Å²) in [6.07, 6.45) is 3.06. The van der Waals surface area contributed by atoms with Crippen molar-refractivity contribution in [1.29, 1.82) is 0 Å². The fraction of sp³-hybridized carbons (Fsp3) is 0.350. The van der Waals surface area contributed by atoms with Gasteiger partial charge in [-0.2, -0.15) is 10.2 Å². The van der Waals surface area contributed by atoms with Gasteiger partial charge >= 0.3 is 0 Å². The molecule has 1 aromatic carbocycles. The van der Waals surface area contributed by atoms with Crippen LogP contribution in [0.3, 0.4) is 0 Å². The number of allylic oxidation sites excluding steroid dienone is 1. The first-order chi connectivity index (χ1) is 12.7. The molecule has 140 valence electrons. The molecule has 0 atom stereocenters. The van der Waals surface area contributed by atoms with Crippen molar-refractivity contribution in [3.8, 4) is 5.69 Å². The molecule has 0 amide bonds. The van der Waals surface area contributed by atoms with E-state index in [4.69, 9.17) is 17.3 Å². The van der Waals surface area contributed by atoms with Gasteiger partial charge in [0.15, 0.2) is 11.6 Å². The summed E-state index contributed by atoms with van der Waals surface area (Å²) >= 11 is 6.60. The van der Waals surface area contributed by atoms with Crippen molar-refractivity contribution in [3.63, 3.8) is 0 Å². The number of hydrogen-bond acceptors (Lipinski definition) is 4. The summed E-state index contributed by atoms with van der Waals surface area (Å²) in [6.45, 7) is 10.4. The SMILES string of the molecule is C=CCn1nc(N)c2cc(Cl)c(-n3nc(C)c4c3CC(C)(C)CC4=O)cc21. The zero-order valence-corrected chi connectivity index (χ0v) is 16.5. The molecule has 6 nitrogen and oxygen atoms in total. The van der Waals surface area contributed by atoms with E-state index in [2.05, 4.69) is 30.6 Å². The molecule has 27 heavy (non-hydrogen) atoms. The second-order valence-corrected chi connectivity index (χ2v) is 8.34. The Bertz CT molecular complexity index is 1110. The highest BCUT2D eigenvalue weighted by molar-refractivity contribution is 6.33. The van der Waals surface area contributed by atoms with Gasteiger partial charge in [-0.15, -0.1) is 6.58 Å². The molecule has 4 rings (SSSR count). The molecule has 0 aliphatic heterocycles. The predicted octanol–water partition coefficient (Wildman–Crippen LogP) is 4.11. The van der Waals surface area contributed by atoms with E-state index in [-0.39, 0.29) is 11.2 Å². The van der Waals surface area contributed by atoms with E-state index in [0.29, 0.717) is 23.8 Å². The number of carbonyl (C=O) groups excluding carboxylic acids is 1. The van der Waals surface area contributed by atoms with E-state index < -0.39 is 0 Å². The summed E-state index contributed by atoms with van der Waals surface area (Å²) in [5.41, 5.74) is 9.89. The van der Waals surface area contributed by atoms with Crippen LogP contribution in [0.1, 0.15) is 42.0 Å². The Labute approximate surface area is 162 Å². The average Bonchev–Trinajstić information content (AvgIpc) is 3.04. The Kier molecular flexibility index (Phi) is 3.93. The molecule has 0 spiro atoms. The summed E-state index contributed by atoms with van der Waals surface area (Å²) in [5.74, 6) is 0.568. The van der Waals surface area contributed by atoms with Crippen molar-refractivity contribution in [2.24, 2.45) is 5.41 Å². The molecule has 0 saturated carbocycles. The third-order valence-corrected chi connectivity index (χ3v) is 5.40. The van der Waals surface area contributed by atoms with Crippen molar-refractivity contribution in [1.82, 2.24) is 19.6 Å². The first-order valence-corrected chi connectivity index (χ1v) is 9.28. The minimum atomic E-state index is -0.111. The number of Topliss-reactive ketones (excluding diaryl/α,β-unsaturated/α-hetero) is 1. The summed E-state index contributed by atoms with van der Waals surface area (Å²) in [5, 5.41) is 10.3. The highest BCUT2D eigenvalue weighted by Gasteiger charge is 2.36. The number of carbonyl (C=O) groups is 1. The molecular formula is C20H22ClN5O. The summed E-state index contributed by atoms with van der Waals surface area (Å²) in [7, 11) is 0. The number of benzene rings is 1. The van der Waals surface area contributed by atoms with Crippen LogP contribution in [-0.2, 0) is 13.0 Å².